The maximum absolute atomic E-state index is 3.60. The third kappa shape index (κ3) is 3.25. The van der Waals surface area contributed by atoms with Gasteiger partial charge < -0.3 is 10.3 Å². The lowest BCUT2D eigenvalue weighted by Gasteiger charge is -2.14. The number of benzene rings is 4. The second-order valence-corrected chi connectivity index (χ2v) is 6.44. The van der Waals surface area contributed by atoms with Gasteiger partial charge in [-0.15, -0.1) is 0 Å². The van der Waals surface area contributed by atoms with Crippen molar-refractivity contribution in [3.63, 3.8) is 0 Å². The van der Waals surface area contributed by atoms with Crippen LogP contribution in [-0.4, -0.2) is 4.98 Å². The molecule has 2 heteroatoms. The van der Waals surface area contributed by atoms with Crippen molar-refractivity contribution in [1.82, 2.24) is 4.98 Å². The first-order valence-electron chi connectivity index (χ1n) is 9.81. The summed E-state index contributed by atoms with van der Waals surface area (Å²) in [6, 6.07) is 33.7. The fourth-order valence-electron chi connectivity index (χ4n) is 3.63. The highest BCUT2D eigenvalue weighted by molar-refractivity contribution is 6.17. The first-order valence-corrected chi connectivity index (χ1v) is 9.81. The average Bonchev–Trinajstić information content (AvgIpc) is 3.15. The SMILES string of the molecule is CC.c1ccc(Nc2ccc3[nH]c4ccccc4c3c2-c2ccccc2)cc1. The first kappa shape index (κ1) is 17.9. The van der Waals surface area contributed by atoms with Gasteiger partial charge in [-0.1, -0.05) is 80.6 Å². The summed E-state index contributed by atoms with van der Waals surface area (Å²) in [5.41, 5.74) is 6.95. The molecule has 28 heavy (non-hydrogen) atoms. The van der Waals surface area contributed by atoms with Gasteiger partial charge in [0.25, 0.3) is 0 Å². The summed E-state index contributed by atoms with van der Waals surface area (Å²) >= 11 is 0. The van der Waals surface area contributed by atoms with Gasteiger partial charge in [0.2, 0.25) is 0 Å². The zero-order chi connectivity index (χ0) is 19.3. The highest BCUT2D eigenvalue weighted by atomic mass is 14.9. The van der Waals surface area contributed by atoms with E-state index in [4.69, 9.17) is 0 Å². The van der Waals surface area contributed by atoms with Gasteiger partial charge in [-0.25, -0.2) is 0 Å². The van der Waals surface area contributed by atoms with E-state index in [1.807, 2.05) is 19.9 Å². The van der Waals surface area contributed by atoms with E-state index in [2.05, 4.69) is 101 Å². The predicted octanol–water partition coefficient (Wildman–Crippen LogP) is 7.76. The Morgan fingerprint density at radius 1 is 0.607 bits per heavy atom. The van der Waals surface area contributed by atoms with Crippen LogP contribution in [0.4, 0.5) is 11.4 Å². The van der Waals surface area contributed by atoms with E-state index in [1.54, 1.807) is 0 Å². The monoisotopic (exact) mass is 364 g/mol. The van der Waals surface area contributed by atoms with Crippen LogP contribution >= 0.6 is 0 Å². The summed E-state index contributed by atoms with van der Waals surface area (Å²) in [6.45, 7) is 4.00. The van der Waals surface area contributed by atoms with Crippen LogP contribution in [0.3, 0.4) is 0 Å². The van der Waals surface area contributed by atoms with E-state index in [0.29, 0.717) is 0 Å². The summed E-state index contributed by atoms with van der Waals surface area (Å²) in [7, 11) is 0. The number of aromatic amines is 1. The van der Waals surface area contributed by atoms with Crippen molar-refractivity contribution in [2.24, 2.45) is 0 Å². The summed E-state index contributed by atoms with van der Waals surface area (Å²) in [5.74, 6) is 0. The minimum atomic E-state index is 1.09. The van der Waals surface area contributed by atoms with E-state index in [9.17, 15) is 0 Å². The van der Waals surface area contributed by atoms with Crippen LogP contribution in [0.25, 0.3) is 32.9 Å². The molecule has 0 fully saturated rings. The van der Waals surface area contributed by atoms with Crippen molar-refractivity contribution in [2.45, 2.75) is 13.8 Å². The molecule has 2 nitrogen and oxygen atoms in total. The largest absolute Gasteiger partial charge is 0.355 e. The van der Waals surface area contributed by atoms with Gasteiger partial charge in [-0.3, -0.25) is 0 Å². The number of fused-ring (bicyclic) bond motifs is 3. The molecule has 138 valence electrons. The molecular formula is C26H24N2. The van der Waals surface area contributed by atoms with E-state index in [0.717, 1.165) is 22.4 Å². The summed E-state index contributed by atoms with van der Waals surface area (Å²) in [4.78, 5) is 3.55. The molecule has 1 aromatic heterocycles. The number of nitrogens with one attached hydrogen (secondary N) is 2. The van der Waals surface area contributed by atoms with Gasteiger partial charge in [0, 0.05) is 38.7 Å². The van der Waals surface area contributed by atoms with Gasteiger partial charge in [0.05, 0.1) is 0 Å². The summed E-state index contributed by atoms with van der Waals surface area (Å²) < 4.78 is 0. The Morgan fingerprint density at radius 3 is 2.00 bits per heavy atom. The molecule has 0 aliphatic carbocycles. The van der Waals surface area contributed by atoms with Crippen LogP contribution in [0.15, 0.2) is 97.1 Å². The number of hydrogen-bond acceptors (Lipinski definition) is 1. The molecule has 0 saturated carbocycles. The maximum atomic E-state index is 3.60. The number of H-pyrrole nitrogens is 1. The van der Waals surface area contributed by atoms with E-state index >= 15 is 0 Å². The summed E-state index contributed by atoms with van der Waals surface area (Å²) in [5, 5.41) is 6.11. The molecule has 0 aliphatic heterocycles. The van der Waals surface area contributed by atoms with E-state index in [1.165, 1.54) is 21.9 Å². The highest BCUT2D eigenvalue weighted by Crippen LogP contribution is 2.40. The number of rotatable bonds is 3. The van der Waals surface area contributed by atoms with Crippen LogP contribution in [0.1, 0.15) is 13.8 Å². The quantitative estimate of drug-likeness (QED) is 0.336. The minimum absolute atomic E-state index is 1.09. The lowest BCUT2D eigenvalue weighted by atomic mass is 9.97. The van der Waals surface area contributed by atoms with Crippen molar-refractivity contribution < 1.29 is 0 Å². The van der Waals surface area contributed by atoms with Crippen LogP contribution in [0.2, 0.25) is 0 Å². The van der Waals surface area contributed by atoms with Crippen molar-refractivity contribution in [2.75, 3.05) is 5.32 Å². The van der Waals surface area contributed by atoms with Gasteiger partial charge in [-0.05, 0) is 35.9 Å². The van der Waals surface area contributed by atoms with Crippen molar-refractivity contribution in [3.8, 4) is 11.1 Å². The molecule has 0 aliphatic rings. The maximum Gasteiger partial charge on any atom is 0.0472 e. The molecule has 0 atom stereocenters. The van der Waals surface area contributed by atoms with Gasteiger partial charge in [0.1, 0.15) is 0 Å². The lowest BCUT2D eigenvalue weighted by molar-refractivity contribution is 1.50. The fourth-order valence-corrected chi connectivity index (χ4v) is 3.63. The van der Waals surface area contributed by atoms with Crippen LogP contribution < -0.4 is 5.32 Å². The Labute approximate surface area is 165 Å². The molecular weight excluding hydrogens is 340 g/mol. The normalized spacial score (nSPS) is 10.5. The average molecular weight is 364 g/mol. The molecule has 0 spiro atoms. The van der Waals surface area contributed by atoms with Gasteiger partial charge in [0.15, 0.2) is 0 Å². The van der Waals surface area contributed by atoms with Crippen molar-refractivity contribution >= 4 is 33.2 Å². The fraction of sp³-hybridized carbons (Fsp3) is 0.0769. The molecule has 0 bridgehead atoms. The van der Waals surface area contributed by atoms with Crippen LogP contribution in [0.5, 0.6) is 0 Å². The Bertz CT molecular complexity index is 1190. The molecule has 0 amide bonds. The molecule has 5 rings (SSSR count). The molecule has 1 heterocycles. The standard InChI is InChI=1S/C24H18N2.C2H6/c1-3-9-17(10-4-1)23-21(25-18-11-5-2-6-12-18)15-16-22-24(23)19-13-7-8-14-20(19)26-22;1-2/h1-16,25-26H;1-2H3. The third-order valence-corrected chi connectivity index (χ3v) is 4.79. The Morgan fingerprint density at radius 2 is 1.25 bits per heavy atom. The van der Waals surface area contributed by atoms with Crippen molar-refractivity contribution in [3.05, 3.63) is 97.1 Å². The zero-order valence-corrected chi connectivity index (χ0v) is 16.2. The smallest absolute Gasteiger partial charge is 0.0472 e. The molecule has 0 unspecified atom stereocenters. The molecule has 5 aromatic rings. The van der Waals surface area contributed by atoms with E-state index < -0.39 is 0 Å². The van der Waals surface area contributed by atoms with Crippen LogP contribution in [0, 0.1) is 0 Å². The zero-order valence-electron chi connectivity index (χ0n) is 16.2. The first-order chi connectivity index (χ1) is 13.9. The molecule has 2 N–H and O–H groups in total. The van der Waals surface area contributed by atoms with Crippen LogP contribution in [-0.2, 0) is 0 Å². The predicted molar refractivity (Wildman–Crippen MR) is 122 cm³/mol. The Balaban J connectivity index is 0.000000932. The summed E-state index contributed by atoms with van der Waals surface area (Å²) in [6.07, 6.45) is 0. The third-order valence-electron chi connectivity index (χ3n) is 4.79. The molecule has 0 radical (unpaired) electrons. The number of para-hydroxylation sites is 2. The molecule has 0 saturated heterocycles. The van der Waals surface area contributed by atoms with Gasteiger partial charge >= 0.3 is 0 Å². The second-order valence-electron chi connectivity index (χ2n) is 6.44. The minimum Gasteiger partial charge on any atom is -0.355 e. The highest BCUT2D eigenvalue weighted by Gasteiger charge is 2.14. The number of anilines is 2. The second kappa shape index (κ2) is 8.01. The number of aromatic nitrogens is 1. The Kier molecular flexibility index (Phi) is 5.11. The topological polar surface area (TPSA) is 27.8 Å². The number of hydrogen-bond donors (Lipinski definition) is 2. The Hall–Kier alpha value is -3.52. The van der Waals surface area contributed by atoms with Gasteiger partial charge in [-0.2, -0.15) is 0 Å². The van der Waals surface area contributed by atoms with Crippen molar-refractivity contribution in [1.29, 1.82) is 0 Å². The molecule has 4 aromatic carbocycles. The lowest BCUT2D eigenvalue weighted by Crippen LogP contribution is -1.94. The van der Waals surface area contributed by atoms with E-state index in [-0.39, 0.29) is 0 Å².